The lowest BCUT2D eigenvalue weighted by Crippen LogP contribution is -2.29. The molecule has 0 atom stereocenters. The van der Waals surface area contributed by atoms with Gasteiger partial charge in [0.2, 0.25) is 5.88 Å². The van der Waals surface area contributed by atoms with Crippen molar-refractivity contribution in [3.63, 3.8) is 0 Å². The molecule has 1 heterocycles. The molecule has 0 aliphatic heterocycles. The van der Waals surface area contributed by atoms with Gasteiger partial charge in [0.1, 0.15) is 6.10 Å². The number of ether oxygens (including phenoxy) is 1. The van der Waals surface area contributed by atoms with Crippen molar-refractivity contribution in [1.82, 2.24) is 9.97 Å². The lowest BCUT2D eigenvalue weighted by atomic mass is 9.76. The minimum Gasteiger partial charge on any atom is -0.473 e. The Kier molecular flexibility index (Phi) is 3.09. The Labute approximate surface area is 100 Å². The van der Waals surface area contributed by atoms with Crippen LogP contribution in [0.3, 0.4) is 0 Å². The summed E-state index contributed by atoms with van der Waals surface area (Å²) < 4.78 is 5.70. The van der Waals surface area contributed by atoms with Gasteiger partial charge in [-0.15, -0.1) is 0 Å². The van der Waals surface area contributed by atoms with Crippen molar-refractivity contribution in [3.8, 4) is 5.88 Å². The topological polar surface area (TPSA) is 81.0 Å². The predicted molar refractivity (Wildman–Crippen MR) is 65.9 cm³/mol. The maximum atomic E-state index is 11.3. The zero-order chi connectivity index (χ0) is 12.5. The monoisotopic (exact) mass is 237 g/mol. The van der Waals surface area contributed by atoms with Crippen LogP contribution < -0.4 is 16.0 Å². The minimum atomic E-state index is -0.342. The molecule has 3 N–H and O–H groups in total. The van der Waals surface area contributed by atoms with Gasteiger partial charge in [-0.05, 0) is 31.1 Å². The average Bonchev–Trinajstić information content (AvgIpc) is 2.27. The molecule has 0 aromatic carbocycles. The van der Waals surface area contributed by atoms with Crippen LogP contribution in [0.2, 0.25) is 0 Å². The quantitative estimate of drug-likeness (QED) is 0.820. The van der Waals surface area contributed by atoms with Crippen LogP contribution in [0.15, 0.2) is 11.1 Å². The summed E-state index contributed by atoms with van der Waals surface area (Å²) in [6, 6.07) is 0. The molecule has 1 aromatic rings. The van der Waals surface area contributed by atoms with Crippen LogP contribution in [0.25, 0.3) is 0 Å². The summed E-state index contributed by atoms with van der Waals surface area (Å²) in [7, 11) is 0. The van der Waals surface area contributed by atoms with E-state index in [2.05, 4.69) is 23.8 Å². The number of rotatable bonds is 2. The highest BCUT2D eigenvalue weighted by molar-refractivity contribution is 5.44. The number of anilines is 1. The van der Waals surface area contributed by atoms with Crippen LogP contribution in [0.4, 0.5) is 5.69 Å². The first kappa shape index (κ1) is 12.0. The van der Waals surface area contributed by atoms with E-state index < -0.39 is 0 Å². The molecule has 0 saturated heterocycles. The normalized spacial score (nSPS) is 20.1. The molecular weight excluding hydrogens is 218 g/mol. The van der Waals surface area contributed by atoms with Gasteiger partial charge in [-0.25, -0.2) is 4.98 Å². The second-order valence-corrected chi connectivity index (χ2v) is 5.43. The molecule has 1 saturated carbocycles. The molecule has 1 fully saturated rings. The smallest absolute Gasteiger partial charge is 0.277 e. The number of H-pyrrole nitrogens is 1. The van der Waals surface area contributed by atoms with E-state index in [0.717, 1.165) is 25.7 Å². The minimum absolute atomic E-state index is 0.0670. The van der Waals surface area contributed by atoms with Gasteiger partial charge in [-0.2, -0.15) is 0 Å². The number of nitrogen functional groups attached to an aromatic ring is 1. The zero-order valence-electron chi connectivity index (χ0n) is 10.3. The van der Waals surface area contributed by atoms with E-state index in [0.29, 0.717) is 5.41 Å². The van der Waals surface area contributed by atoms with Crippen LogP contribution in [0.1, 0.15) is 39.5 Å². The fraction of sp³-hybridized carbons (Fsp3) is 0.667. The molecule has 17 heavy (non-hydrogen) atoms. The molecule has 5 heteroatoms. The van der Waals surface area contributed by atoms with Gasteiger partial charge in [0.15, 0.2) is 5.69 Å². The average molecular weight is 237 g/mol. The highest BCUT2D eigenvalue weighted by atomic mass is 16.5. The number of hydrogen-bond acceptors (Lipinski definition) is 4. The van der Waals surface area contributed by atoms with Gasteiger partial charge >= 0.3 is 0 Å². The van der Waals surface area contributed by atoms with Crippen molar-refractivity contribution in [3.05, 3.63) is 16.7 Å². The van der Waals surface area contributed by atoms with Crippen LogP contribution in [-0.2, 0) is 0 Å². The van der Waals surface area contributed by atoms with Crippen molar-refractivity contribution >= 4 is 5.69 Å². The summed E-state index contributed by atoms with van der Waals surface area (Å²) in [6.07, 6.45) is 5.67. The van der Waals surface area contributed by atoms with Crippen molar-refractivity contribution in [2.45, 2.75) is 45.6 Å². The van der Waals surface area contributed by atoms with Crippen molar-refractivity contribution < 1.29 is 4.74 Å². The Balaban J connectivity index is 2.03. The second-order valence-electron chi connectivity index (χ2n) is 5.43. The third kappa shape index (κ3) is 2.78. The van der Waals surface area contributed by atoms with Crippen LogP contribution >= 0.6 is 0 Å². The van der Waals surface area contributed by atoms with Crippen molar-refractivity contribution in [2.24, 2.45) is 5.41 Å². The van der Waals surface area contributed by atoms with Gasteiger partial charge < -0.3 is 15.5 Å². The van der Waals surface area contributed by atoms with Crippen molar-refractivity contribution in [1.29, 1.82) is 0 Å². The molecule has 0 radical (unpaired) electrons. The third-order valence-corrected chi connectivity index (χ3v) is 3.42. The maximum Gasteiger partial charge on any atom is 0.277 e. The maximum absolute atomic E-state index is 11.3. The number of hydrogen-bond donors (Lipinski definition) is 2. The Bertz CT molecular complexity index is 443. The number of aromatic nitrogens is 2. The van der Waals surface area contributed by atoms with Gasteiger partial charge in [-0.1, -0.05) is 13.8 Å². The fourth-order valence-electron chi connectivity index (χ4n) is 2.14. The molecule has 0 bridgehead atoms. The largest absolute Gasteiger partial charge is 0.473 e. The first-order valence-corrected chi connectivity index (χ1v) is 5.98. The number of nitrogens with two attached hydrogens (primary N) is 1. The van der Waals surface area contributed by atoms with E-state index in [4.69, 9.17) is 10.5 Å². The lowest BCUT2D eigenvalue weighted by molar-refractivity contribution is 0.0954. The van der Waals surface area contributed by atoms with Crippen LogP contribution in [0, 0.1) is 5.41 Å². The molecule has 0 spiro atoms. The van der Waals surface area contributed by atoms with Gasteiger partial charge in [0.05, 0.1) is 6.33 Å². The Hall–Kier alpha value is -1.52. The Morgan fingerprint density at radius 3 is 2.76 bits per heavy atom. The first-order valence-electron chi connectivity index (χ1n) is 5.98. The summed E-state index contributed by atoms with van der Waals surface area (Å²) in [6.45, 7) is 4.53. The van der Waals surface area contributed by atoms with Crippen molar-refractivity contribution in [2.75, 3.05) is 5.73 Å². The Morgan fingerprint density at radius 2 is 2.12 bits per heavy atom. The highest BCUT2D eigenvalue weighted by Gasteiger charge is 2.28. The summed E-state index contributed by atoms with van der Waals surface area (Å²) in [5.41, 5.74) is 5.74. The third-order valence-electron chi connectivity index (χ3n) is 3.42. The van der Waals surface area contributed by atoms with E-state index in [1.165, 1.54) is 6.33 Å². The summed E-state index contributed by atoms with van der Waals surface area (Å²) in [5.74, 6) is 0.262. The molecule has 5 nitrogen and oxygen atoms in total. The predicted octanol–water partition coefficient (Wildman–Crippen LogP) is 1.70. The van der Waals surface area contributed by atoms with E-state index >= 15 is 0 Å². The second kappa shape index (κ2) is 4.39. The van der Waals surface area contributed by atoms with Crippen LogP contribution in [-0.4, -0.2) is 16.1 Å². The molecule has 2 rings (SSSR count). The highest BCUT2D eigenvalue weighted by Crippen LogP contribution is 2.36. The first-order chi connectivity index (χ1) is 7.98. The molecule has 1 aromatic heterocycles. The zero-order valence-corrected chi connectivity index (χ0v) is 10.3. The van der Waals surface area contributed by atoms with E-state index in [-0.39, 0.29) is 23.2 Å². The van der Waals surface area contributed by atoms with Gasteiger partial charge in [-0.3, -0.25) is 4.79 Å². The number of nitrogens with one attached hydrogen (secondary N) is 1. The summed E-state index contributed by atoms with van der Waals surface area (Å²) >= 11 is 0. The van der Waals surface area contributed by atoms with Crippen LogP contribution in [0.5, 0.6) is 5.88 Å². The SMILES string of the molecule is CC1(C)CCC(Oc2nc[nH]c(=O)c2N)CC1. The Morgan fingerprint density at radius 1 is 1.47 bits per heavy atom. The number of aromatic amines is 1. The molecule has 1 aliphatic carbocycles. The molecule has 1 aliphatic rings. The van der Waals surface area contributed by atoms with Gasteiger partial charge in [0.25, 0.3) is 5.56 Å². The standard InChI is InChI=1S/C12H19N3O2/c1-12(2)5-3-8(4-6-12)17-11-9(13)10(16)14-7-15-11/h7-8H,3-6,13H2,1-2H3,(H,14,15,16). The van der Waals surface area contributed by atoms with E-state index in [1.54, 1.807) is 0 Å². The molecule has 94 valence electrons. The summed E-state index contributed by atoms with van der Waals surface area (Å²) in [5, 5.41) is 0. The van der Waals surface area contributed by atoms with Gasteiger partial charge in [0, 0.05) is 0 Å². The lowest BCUT2D eigenvalue weighted by Gasteiger charge is -2.34. The number of nitrogens with zero attached hydrogens (tertiary/aromatic N) is 1. The van der Waals surface area contributed by atoms with E-state index in [1.807, 2.05) is 0 Å². The molecule has 0 amide bonds. The summed E-state index contributed by atoms with van der Waals surface area (Å²) in [4.78, 5) is 17.7. The van der Waals surface area contributed by atoms with E-state index in [9.17, 15) is 4.79 Å². The molecular formula is C12H19N3O2. The molecule has 0 unspecified atom stereocenters. The fourth-order valence-corrected chi connectivity index (χ4v) is 2.14.